The van der Waals surface area contributed by atoms with Gasteiger partial charge in [-0.1, -0.05) is 0 Å². The number of rotatable bonds is 2. The number of hydrogen-bond acceptors (Lipinski definition) is 5. The van der Waals surface area contributed by atoms with Crippen LogP contribution < -0.4 is 11.0 Å². The smallest absolute Gasteiger partial charge is 0.364 e. The fourth-order valence-corrected chi connectivity index (χ4v) is 2.51. The molecule has 3 heterocycles. The molecule has 2 aromatic rings. The van der Waals surface area contributed by atoms with Crippen LogP contribution in [0.1, 0.15) is 19.8 Å². The van der Waals surface area contributed by atoms with Crippen molar-refractivity contribution in [1.29, 1.82) is 0 Å². The molecule has 2 atom stereocenters. The van der Waals surface area contributed by atoms with Gasteiger partial charge < -0.3 is 10.2 Å². The Kier molecular flexibility index (Phi) is 2.98. The van der Waals surface area contributed by atoms with Crippen LogP contribution in [0.3, 0.4) is 0 Å². The summed E-state index contributed by atoms with van der Waals surface area (Å²) in [5.74, 6) is 0.720. The molecule has 3 rings (SSSR count). The number of H-pyrrole nitrogens is 1. The summed E-state index contributed by atoms with van der Waals surface area (Å²) in [6.45, 7) is 3.30. The van der Waals surface area contributed by atoms with E-state index >= 15 is 0 Å². The first kappa shape index (κ1) is 12.2. The molecule has 1 saturated heterocycles. The highest BCUT2D eigenvalue weighted by Crippen LogP contribution is 2.18. The van der Waals surface area contributed by atoms with Crippen LogP contribution in [0.2, 0.25) is 0 Å². The molecule has 0 radical (unpaired) electrons. The van der Waals surface area contributed by atoms with Crippen molar-refractivity contribution < 1.29 is 0 Å². The van der Waals surface area contributed by atoms with Crippen LogP contribution in [-0.2, 0) is 0 Å². The third-order valence-electron chi connectivity index (χ3n) is 3.83. The van der Waals surface area contributed by atoms with Crippen LogP contribution in [0.15, 0.2) is 16.9 Å². The normalized spacial score (nSPS) is 24.7. The molecule has 2 unspecified atom stereocenters. The van der Waals surface area contributed by atoms with E-state index in [1.165, 1.54) is 4.52 Å². The lowest BCUT2D eigenvalue weighted by molar-refractivity contribution is 0.190. The molecule has 0 amide bonds. The largest absolute Gasteiger partial charge is 0.366 e. The molecule has 102 valence electrons. The zero-order valence-corrected chi connectivity index (χ0v) is 11.1. The van der Waals surface area contributed by atoms with Gasteiger partial charge in [-0.2, -0.15) is 9.61 Å². The third kappa shape index (κ3) is 2.33. The predicted octanol–water partition coefficient (Wildman–Crippen LogP) is 0.312. The second-order valence-electron chi connectivity index (χ2n) is 5.21. The van der Waals surface area contributed by atoms with Gasteiger partial charge >= 0.3 is 5.69 Å². The summed E-state index contributed by atoms with van der Waals surface area (Å²) >= 11 is 0. The van der Waals surface area contributed by atoms with Crippen molar-refractivity contribution in [3.8, 4) is 0 Å². The summed E-state index contributed by atoms with van der Waals surface area (Å²) < 4.78 is 1.28. The van der Waals surface area contributed by atoms with Crippen molar-refractivity contribution in [1.82, 2.24) is 24.7 Å². The van der Waals surface area contributed by atoms with Gasteiger partial charge in [0.15, 0.2) is 5.65 Å². The van der Waals surface area contributed by atoms with Crippen molar-refractivity contribution in [2.24, 2.45) is 0 Å². The highest BCUT2D eigenvalue weighted by atomic mass is 16.2. The van der Waals surface area contributed by atoms with E-state index in [2.05, 4.69) is 39.5 Å². The number of piperidine rings is 1. The Morgan fingerprint density at radius 1 is 1.47 bits per heavy atom. The Bertz CT molecular complexity index is 632. The second-order valence-corrected chi connectivity index (χ2v) is 5.21. The average Bonchev–Trinajstić information content (AvgIpc) is 2.76. The molecule has 2 N–H and O–H groups in total. The zero-order valence-electron chi connectivity index (χ0n) is 11.1. The van der Waals surface area contributed by atoms with Crippen molar-refractivity contribution in [2.45, 2.75) is 31.8 Å². The fourth-order valence-electron chi connectivity index (χ4n) is 2.51. The van der Waals surface area contributed by atoms with E-state index < -0.39 is 0 Å². The van der Waals surface area contributed by atoms with Gasteiger partial charge in [-0.05, 0) is 38.9 Å². The van der Waals surface area contributed by atoms with Gasteiger partial charge in [0, 0.05) is 18.6 Å². The first-order valence-electron chi connectivity index (χ1n) is 6.55. The minimum Gasteiger partial charge on any atom is -0.366 e. The molecule has 0 aromatic carbocycles. The number of hydrogen-bond donors (Lipinski definition) is 2. The zero-order chi connectivity index (χ0) is 13.4. The summed E-state index contributed by atoms with van der Waals surface area (Å²) in [5.41, 5.74) is 0.225. The number of aromatic nitrogens is 4. The molecule has 1 fully saturated rings. The number of likely N-dealkylation sites (tertiary alicyclic amines) is 1. The average molecular weight is 262 g/mol. The Hall–Kier alpha value is -1.89. The van der Waals surface area contributed by atoms with Gasteiger partial charge in [0.25, 0.3) is 0 Å². The number of aromatic amines is 1. The van der Waals surface area contributed by atoms with Gasteiger partial charge in [0.05, 0.1) is 0 Å². The molecular formula is C12H18N6O. The van der Waals surface area contributed by atoms with Crippen LogP contribution in [0.25, 0.3) is 5.65 Å². The topological polar surface area (TPSA) is 78.3 Å². The molecule has 19 heavy (non-hydrogen) atoms. The van der Waals surface area contributed by atoms with E-state index in [-0.39, 0.29) is 5.69 Å². The molecular weight excluding hydrogens is 244 g/mol. The van der Waals surface area contributed by atoms with E-state index in [1.807, 2.05) is 6.07 Å². The molecule has 0 aliphatic carbocycles. The molecule has 1 aliphatic rings. The van der Waals surface area contributed by atoms with E-state index in [4.69, 9.17) is 0 Å². The van der Waals surface area contributed by atoms with Crippen LogP contribution in [0, 0.1) is 0 Å². The number of nitrogens with one attached hydrogen (secondary N) is 2. The standard InChI is InChI=1S/C12H18N6O/c1-8-7-9(5-6-17(8)2)13-10-3-4-11-14-15-12(19)18(11)16-10/h3-4,8-9H,5-7H2,1-2H3,(H,13,16)(H,15,19). The minimum absolute atomic E-state index is 0.310. The minimum atomic E-state index is -0.310. The summed E-state index contributed by atoms with van der Waals surface area (Å²) in [7, 11) is 2.15. The Morgan fingerprint density at radius 3 is 3.11 bits per heavy atom. The lowest BCUT2D eigenvalue weighted by Gasteiger charge is -2.35. The molecule has 1 aliphatic heterocycles. The Morgan fingerprint density at radius 2 is 2.32 bits per heavy atom. The SMILES string of the molecule is CC1CC(Nc2ccc3n[nH]c(=O)n3n2)CCN1C. The highest BCUT2D eigenvalue weighted by Gasteiger charge is 2.22. The van der Waals surface area contributed by atoms with Crippen molar-refractivity contribution in [2.75, 3.05) is 18.9 Å². The first-order valence-corrected chi connectivity index (χ1v) is 6.55. The Balaban J connectivity index is 1.78. The van der Waals surface area contributed by atoms with E-state index in [9.17, 15) is 4.79 Å². The van der Waals surface area contributed by atoms with Crippen LogP contribution in [-0.4, -0.2) is 50.4 Å². The quantitative estimate of drug-likeness (QED) is 0.814. The first-order chi connectivity index (χ1) is 9.13. The molecule has 0 spiro atoms. The summed E-state index contributed by atoms with van der Waals surface area (Å²) in [5, 5.41) is 13.9. The van der Waals surface area contributed by atoms with Crippen LogP contribution in [0.5, 0.6) is 0 Å². The molecule has 7 heteroatoms. The maximum atomic E-state index is 11.5. The summed E-state index contributed by atoms with van der Waals surface area (Å²) in [4.78, 5) is 13.8. The number of fused-ring (bicyclic) bond motifs is 1. The van der Waals surface area contributed by atoms with Crippen LogP contribution >= 0.6 is 0 Å². The molecule has 0 saturated carbocycles. The third-order valence-corrected chi connectivity index (χ3v) is 3.83. The summed E-state index contributed by atoms with van der Waals surface area (Å²) in [6.07, 6.45) is 2.16. The van der Waals surface area contributed by atoms with E-state index in [0.717, 1.165) is 25.2 Å². The Labute approximate surface area is 110 Å². The van der Waals surface area contributed by atoms with Crippen LogP contribution in [0.4, 0.5) is 5.82 Å². The van der Waals surface area contributed by atoms with Gasteiger partial charge in [-0.3, -0.25) is 0 Å². The van der Waals surface area contributed by atoms with E-state index in [0.29, 0.717) is 17.7 Å². The molecule has 0 bridgehead atoms. The maximum absolute atomic E-state index is 11.5. The maximum Gasteiger partial charge on any atom is 0.364 e. The van der Waals surface area contributed by atoms with Crippen molar-refractivity contribution >= 4 is 11.5 Å². The highest BCUT2D eigenvalue weighted by molar-refractivity contribution is 5.43. The monoisotopic (exact) mass is 262 g/mol. The summed E-state index contributed by atoms with van der Waals surface area (Å²) in [6, 6.07) is 4.61. The van der Waals surface area contributed by atoms with Crippen molar-refractivity contribution in [3.05, 3.63) is 22.6 Å². The van der Waals surface area contributed by atoms with Gasteiger partial charge in [0.2, 0.25) is 0 Å². The molecule has 7 nitrogen and oxygen atoms in total. The fraction of sp³-hybridized carbons (Fsp3) is 0.583. The molecule has 2 aromatic heterocycles. The lowest BCUT2D eigenvalue weighted by atomic mass is 9.99. The second kappa shape index (κ2) is 4.65. The van der Waals surface area contributed by atoms with Crippen molar-refractivity contribution in [3.63, 3.8) is 0 Å². The number of anilines is 1. The number of nitrogens with zero attached hydrogens (tertiary/aromatic N) is 4. The van der Waals surface area contributed by atoms with Gasteiger partial charge in [-0.15, -0.1) is 5.10 Å². The predicted molar refractivity (Wildman–Crippen MR) is 72.3 cm³/mol. The van der Waals surface area contributed by atoms with E-state index in [1.54, 1.807) is 6.07 Å². The van der Waals surface area contributed by atoms with Gasteiger partial charge in [-0.25, -0.2) is 9.89 Å². The van der Waals surface area contributed by atoms with Gasteiger partial charge in [0.1, 0.15) is 5.82 Å². The lowest BCUT2D eigenvalue weighted by Crippen LogP contribution is -2.42.